The summed E-state index contributed by atoms with van der Waals surface area (Å²) in [6, 6.07) is 0. The zero-order valence-electron chi connectivity index (χ0n) is 12.9. The molecule has 0 fully saturated rings. The average Bonchev–Trinajstić information content (AvgIpc) is 2.32. The van der Waals surface area contributed by atoms with E-state index in [2.05, 4.69) is 6.92 Å². The van der Waals surface area contributed by atoms with Crippen LogP contribution >= 0.6 is 0 Å². The molecule has 0 saturated carbocycles. The van der Waals surface area contributed by atoms with E-state index < -0.39 is 0 Å². The molecule has 0 rings (SSSR count). The number of rotatable bonds is 12. The van der Waals surface area contributed by atoms with Gasteiger partial charge in [-0.1, -0.05) is 51.9 Å². The van der Waals surface area contributed by atoms with Gasteiger partial charge in [-0.15, -0.1) is 0 Å². The molecule has 0 atom stereocenters. The SMILES string of the molecule is CCCCCCCCCCC(=O)CC(C)(C)OC. The third-order valence-electron chi connectivity index (χ3n) is 3.48. The van der Waals surface area contributed by atoms with E-state index in [9.17, 15) is 4.79 Å². The maximum absolute atomic E-state index is 11.7. The second-order valence-corrected chi connectivity index (χ2v) is 5.90. The second-order valence-electron chi connectivity index (χ2n) is 5.90. The molecule has 0 saturated heterocycles. The number of ketones is 1. The van der Waals surface area contributed by atoms with Gasteiger partial charge in [-0.05, 0) is 20.3 Å². The Morgan fingerprint density at radius 2 is 1.44 bits per heavy atom. The maximum atomic E-state index is 11.7. The number of Topliss-reactive ketones (excluding diaryl/α,β-unsaturated/α-hetero) is 1. The van der Waals surface area contributed by atoms with Crippen LogP contribution in [-0.2, 0) is 9.53 Å². The lowest BCUT2D eigenvalue weighted by Gasteiger charge is -2.21. The standard InChI is InChI=1S/C16H32O2/c1-5-6-7-8-9-10-11-12-13-15(17)14-16(2,3)18-4/h5-14H2,1-4H3. The minimum atomic E-state index is -0.294. The Bertz CT molecular complexity index is 209. The smallest absolute Gasteiger partial charge is 0.135 e. The number of carbonyl (C=O) groups is 1. The van der Waals surface area contributed by atoms with E-state index >= 15 is 0 Å². The maximum Gasteiger partial charge on any atom is 0.135 e. The van der Waals surface area contributed by atoms with Gasteiger partial charge in [0.25, 0.3) is 0 Å². The molecular formula is C16H32O2. The third kappa shape index (κ3) is 10.8. The van der Waals surface area contributed by atoms with Crippen molar-refractivity contribution in [3.05, 3.63) is 0 Å². The van der Waals surface area contributed by atoms with Crippen molar-refractivity contribution in [3.63, 3.8) is 0 Å². The Morgan fingerprint density at radius 1 is 0.944 bits per heavy atom. The van der Waals surface area contributed by atoms with E-state index in [0.717, 1.165) is 12.8 Å². The largest absolute Gasteiger partial charge is 0.378 e. The first-order chi connectivity index (χ1) is 8.52. The van der Waals surface area contributed by atoms with Crippen molar-refractivity contribution in [2.45, 2.75) is 90.6 Å². The van der Waals surface area contributed by atoms with E-state index in [1.54, 1.807) is 7.11 Å². The lowest BCUT2D eigenvalue weighted by atomic mass is 9.98. The van der Waals surface area contributed by atoms with Crippen molar-refractivity contribution in [2.24, 2.45) is 0 Å². The highest BCUT2D eigenvalue weighted by Crippen LogP contribution is 2.16. The normalized spacial score (nSPS) is 11.8. The molecule has 0 aromatic rings. The fourth-order valence-corrected chi connectivity index (χ4v) is 2.09. The molecule has 18 heavy (non-hydrogen) atoms. The Balaban J connectivity index is 3.36. The van der Waals surface area contributed by atoms with Gasteiger partial charge in [0.05, 0.1) is 5.60 Å². The van der Waals surface area contributed by atoms with Crippen LogP contribution in [0.2, 0.25) is 0 Å². The molecule has 0 amide bonds. The van der Waals surface area contributed by atoms with Gasteiger partial charge in [-0.2, -0.15) is 0 Å². The van der Waals surface area contributed by atoms with Gasteiger partial charge in [-0.3, -0.25) is 4.79 Å². The van der Waals surface area contributed by atoms with Crippen LogP contribution in [0.25, 0.3) is 0 Å². The molecule has 2 nitrogen and oxygen atoms in total. The summed E-state index contributed by atoms with van der Waals surface area (Å²) in [5.74, 6) is 0.341. The third-order valence-corrected chi connectivity index (χ3v) is 3.48. The fourth-order valence-electron chi connectivity index (χ4n) is 2.09. The first-order valence-corrected chi connectivity index (χ1v) is 7.58. The molecular weight excluding hydrogens is 224 g/mol. The molecule has 0 radical (unpaired) electrons. The highest BCUT2D eigenvalue weighted by atomic mass is 16.5. The highest BCUT2D eigenvalue weighted by Gasteiger charge is 2.20. The van der Waals surface area contributed by atoms with Gasteiger partial charge < -0.3 is 4.74 Å². The molecule has 0 unspecified atom stereocenters. The van der Waals surface area contributed by atoms with Crippen LogP contribution in [0.15, 0.2) is 0 Å². The Morgan fingerprint density at radius 3 is 1.94 bits per heavy atom. The van der Waals surface area contributed by atoms with Crippen LogP contribution in [0.1, 0.15) is 85.0 Å². The summed E-state index contributed by atoms with van der Waals surface area (Å²) in [6.45, 7) is 6.18. The molecule has 0 aliphatic carbocycles. The number of ether oxygens (including phenoxy) is 1. The lowest BCUT2D eigenvalue weighted by Crippen LogP contribution is -2.26. The molecule has 0 spiro atoms. The van der Waals surface area contributed by atoms with E-state index in [0.29, 0.717) is 12.2 Å². The molecule has 0 aliphatic heterocycles. The van der Waals surface area contributed by atoms with Crippen LogP contribution in [-0.4, -0.2) is 18.5 Å². The second kappa shape index (κ2) is 10.5. The fraction of sp³-hybridized carbons (Fsp3) is 0.938. The lowest BCUT2D eigenvalue weighted by molar-refractivity contribution is -0.124. The summed E-state index contributed by atoms with van der Waals surface area (Å²) in [6.07, 6.45) is 11.5. The number of unbranched alkanes of at least 4 members (excludes halogenated alkanes) is 7. The zero-order valence-corrected chi connectivity index (χ0v) is 12.9. The predicted octanol–water partition coefficient (Wildman–Crippen LogP) is 4.90. The molecule has 108 valence electrons. The molecule has 0 aromatic carbocycles. The van der Waals surface area contributed by atoms with Crippen molar-refractivity contribution in [2.75, 3.05) is 7.11 Å². The van der Waals surface area contributed by atoms with Crippen molar-refractivity contribution in [3.8, 4) is 0 Å². The summed E-state index contributed by atoms with van der Waals surface area (Å²) < 4.78 is 5.27. The van der Waals surface area contributed by atoms with E-state index in [1.807, 2.05) is 13.8 Å². The molecule has 0 aromatic heterocycles. The first-order valence-electron chi connectivity index (χ1n) is 7.58. The minimum absolute atomic E-state index is 0.294. The van der Waals surface area contributed by atoms with Gasteiger partial charge in [0.15, 0.2) is 0 Å². The van der Waals surface area contributed by atoms with Crippen LogP contribution in [0.5, 0.6) is 0 Å². The van der Waals surface area contributed by atoms with Crippen molar-refractivity contribution in [1.29, 1.82) is 0 Å². The Hall–Kier alpha value is -0.370. The van der Waals surface area contributed by atoms with Crippen LogP contribution in [0.4, 0.5) is 0 Å². The summed E-state index contributed by atoms with van der Waals surface area (Å²) in [5, 5.41) is 0. The van der Waals surface area contributed by atoms with Crippen molar-refractivity contribution >= 4 is 5.78 Å². The summed E-state index contributed by atoms with van der Waals surface area (Å²) in [5.41, 5.74) is -0.294. The van der Waals surface area contributed by atoms with E-state index in [-0.39, 0.29) is 5.60 Å². The number of hydrogen-bond donors (Lipinski definition) is 0. The highest BCUT2D eigenvalue weighted by molar-refractivity contribution is 5.79. The van der Waals surface area contributed by atoms with Crippen molar-refractivity contribution < 1.29 is 9.53 Å². The molecule has 0 N–H and O–H groups in total. The quantitative estimate of drug-likeness (QED) is 0.464. The number of carbonyl (C=O) groups excluding carboxylic acids is 1. The molecule has 0 heterocycles. The van der Waals surface area contributed by atoms with Gasteiger partial charge in [0.2, 0.25) is 0 Å². The topological polar surface area (TPSA) is 26.3 Å². The number of hydrogen-bond acceptors (Lipinski definition) is 2. The summed E-state index contributed by atoms with van der Waals surface area (Å²) in [7, 11) is 1.67. The monoisotopic (exact) mass is 256 g/mol. The minimum Gasteiger partial charge on any atom is -0.378 e. The first kappa shape index (κ1) is 17.6. The van der Waals surface area contributed by atoms with Crippen LogP contribution in [0.3, 0.4) is 0 Å². The molecule has 2 heteroatoms. The van der Waals surface area contributed by atoms with Crippen molar-refractivity contribution in [1.82, 2.24) is 0 Å². The molecule has 0 bridgehead atoms. The zero-order chi connectivity index (χ0) is 13.9. The van der Waals surface area contributed by atoms with E-state index in [4.69, 9.17) is 4.74 Å². The van der Waals surface area contributed by atoms with Crippen LogP contribution < -0.4 is 0 Å². The van der Waals surface area contributed by atoms with Gasteiger partial charge >= 0.3 is 0 Å². The predicted molar refractivity (Wildman–Crippen MR) is 77.9 cm³/mol. The Labute approximate surface area is 113 Å². The Kier molecular flexibility index (Phi) is 10.3. The summed E-state index contributed by atoms with van der Waals surface area (Å²) >= 11 is 0. The molecule has 0 aliphatic rings. The van der Waals surface area contributed by atoms with Gasteiger partial charge in [-0.25, -0.2) is 0 Å². The number of methoxy groups -OCH3 is 1. The van der Waals surface area contributed by atoms with Gasteiger partial charge in [0, 0.05) is 20.0 Å². The van der Waals surface area contributed by atoms with Crippen LogP contribution in [0, 0.1) is 0 Å². The summed E-state index contributed by atoms with van der Waals surface area (Å²) in [4.78, 5) is 11.7. The van der Waals surface area contributed by atoms with E-state index in [1.165, 1.54) is 44.9 Å². The average molecular weight is 256 g/mol. The van der Waals surface area contributed by atoms with Gasteiger partial charge in [0.1, 0.15) is 5.78 Å².